The fraction of sp³-hybridized carbons (Fsp3) is 0.429. The maximum absolute atomic E-state index is 12.2. The molecule has 1 aliphatic heterocycles. The molecule has 0 spiro atoms. The van der Waals surface area contributed by atoms with Crippen LogP contribution in [0.5, 0.6) is 0 Å². The number of imide groups is 1. The molecule has 2 rings (SSSR count). The molecule has 0 aliphatic carbocycles. The Morgan fingerprint density at radius 3 is 2.40 bits per heavy atom. The van der Waals surface area contributed by atoms with E-state index < -0.39 is 18.0 Å². The van der Waals surface area contributed by atoms with Crippen molar-refractivity contribution in [2.45, 2.75) is 25.0 Å². The van der Waals surface area contributed by atoms with Gasteiger partial charge in [-0.15, -0.1) is 0 Å². The van der Waals surface area contributed by atoms with Gasteiger partial charge in [-0.2, -0.15) is 0 Å². The highest BCUT2D eigenvalue weighted by atomic mass is 16.3. The zero-order valence-electron chi connectivity index (χ0n) is 11.2. The second-order valence-corrected chi connectivity index (χ2v) is 4.93. The number of piperidine rings is 1. The molecule has 6 nitrogen and oxygen atoms in total. The molecular weight excluding hydrogens is 258 g/mol. The minimum Gasteiger partial charge on any atom is -0.393 e. The molecule has 1 heterocycles. The topological polar surface area (TPSA) is 95.7 Å². The third kappa shape index (κ3) is 3.55. The summed E-state index contributed by atoms with van der Waals surface area (Å²) in [7, 11) is 0. The molecule has 0 radical (unpaired) electrons. The van der Waals surface area contributed by atoms with Crippen LogP contribution in [0.1, 0.15) is 24.4 Å². The monoisotopic (exact) mass is 277 g/mol. The van der Waals surface area contributed by atoms with Gasteiger partial charge in [0.2, 0.25) is 5.91 Å². The first kappa shape index (κ1) is 14.5. The summed E-state index contributed by atoms with van der Waals surface area (Å²) in [6.07, 6.45) is 0.919. The van der Waals surface area contributed by atoms with Crippen molar-refractivity contribution in [2.24, 2.45) is 5.73 Å². The highest BCUT2D eigenvalue weighted by molar-refractivity contribution is 5.96. The molecule has 1 aliphatic rings. The molecule has 20 heavy (non-hydrogen) atoms. The average Bonchev–Trinajstić information content (AvgIpc) is 2.42. The lowest BCUT2D eigenvalue weighted by Gasteiger charge is -2.35. The second kappa shape index (κ2) is 6.49. The summed E-state index contributed by atoms with van der Waals surface area (Å²) in [6, 6.07) is 7.83. The Morgan fingerprint density at radius 1 is 1.25 bits per heavy atom. The number of carbonyl (C=O) groups is 2. The Bertz CT molecular complexity index is 470. The van der Waals surface area contributed by atoms with Crippen molar-refractivity contribution in [1.82, 2.24) is 10.2 Å². The molecule has 1 aromatic carbocycles. The standard InChI is InChI=1S/C14H19N3O3/c15-14(20)16-13(19)12(10-4-2-1-3-5-10)17-8-6-11(18)7-9-17/h1-5,11-12,18H,6-9H2,(H3,15,16,19,20)/t12-/m1/s1. The number of likely N-dealkylation sites (tertiary alicyclic amines) is 1. The van der Waals surface area contributed by atoms with E-state index in [0.29, 0.717) is 25.9 Å². The number of urea groups is 1. The number of nitrogens with one attached hydrogen (secondary N) is 1. The number of amides is 3. The maximum Gasteiger partial charge on any atom is 0.318 e. The van der Waals surface area contributed by atoms with Crippen LogP contribution in [0.4, 0.5) is 4.79 Å². The van der Waals surface area contributed by atoms with E-state index in [-0.39, 0.29) is 6.10 Å². The number of benzene rings is 1. The Labute approximate surface area is 117 Å². The van der Waals surface area contributed by atoms with Crippen molar-refractivity contribution in [3.8, 4) is 0 Å². The lowest BCUT2D eigenvalue weighted by molar-refractivity contribution is -0.126. The highest BCUT2D eigenvalue weighted by Crippen LogP contribution is 2.24. The lowest BCUT2D eigenvalue weighted by atomic mass is 10.00. The number of hydrogen-bond acceptors (Lipinski definition) is 4. The summed E-state index contributed by atoms with van der Waals surface area (Å²) in [6.45, 7) is 1.21. The number of primary amides is 1. The van der Waals surface area contributed by atoms with E-state index in [1.807, 2.05) is 35.2 Å². The van der Waals surface area contributed by atoms with Crippen molar-refractivity contribution < 1.29 is 14.7 Å². The number of nitrogens with zero attached hydrogens (tertiary/aromatic N) is 1. The molecule has 6 heteroatoms. The number of carbonyl (C=O) groups excluding carboxylic acids is 2. The maximum atomic E-state index is 12.2. The van der Waals surface area contributed by atoms with Gasteiger partial charge < -0.3 is 10.8 Å². The first-order valence-electron chi connectivity index (χ1n) is 6.65. The first-order chi connectivity index (χ1) is 9.58. The number of aliphatic hydroxyl groups is 1. The van der Waals surface area contributed by atoms with Gasteiger partial charge in [0, 0.05) is 13.1 Å². The Morgan fingerprint density at radius 2 is 1.85 bits per heavy atom. The van der Waals surface area contributed by atoms with Gasteiger partial charge in [-0.3, -0.25) is 15.0 Å². The van der Waals surface area contributed by atoms with Crippen LogP contribution in [0.2, 0.25) is 0 Å². The molecule has 108 valence electrons. The molecule has 0 unspecified atom stereocenters. The van der Waals surface area contributed by atoms with Crippen LogP contribution >= 0.6 is 0 Å². The Kier molecular flexibility index (Phi) is 4.70. The van der Waals surface area contributed by atoms with E-state index in [4.69, 9.17) is 5.73 Å². The van der Waals surface area contributed by atoms with Gasteiger partial charge in [-0.05, 0) is 18.4 Å². The van der Waals surface area contributed by atoms with E-state index in [9.17, 15) is 14.7 Å². The Balaban J connectivity index is 2.20. The fourth-order valence-electron chi connectivity index (χ4n) is 2.50. The average molecular weight is 277 g/mol. The zero-order chi connectivity index (χ0) is 14.5. The fourth-order valence-corrected chi connectivity index (χ4v) is 2.50. The quantitative estimate of drug-likeness (QED) is 0.744. The summed E-state index contributed by atoms with van der Waals surface area (Å²) in [4.78, 5) is 25.1. The van der Waals surface area contributed by atoms with Gasteiger partial charge >= 0.3 is 6.03 Å². The van der Waals surface area contributed by atoms with E-state index in [0.717, 1.165) is 5.56 Å². The molecule has 0 aromatic heterocycles. The van der Waals surface area contributed by atoms with Crippen LogP contribution in [0.15, 0.2) is 30.3 Å². The number of hydrogen-bond donors (Lipinski definition) is 3. The van der Waals surface area contributed by atoms with Crippen molar-refractivity contribution in [3.63, 3.8) is 0 Å². The molecule has 1 aromatic rings. The summed E-state index contributed by atoms with van der Waals surface area (Å²) >= 11 is 0. The van der Waals surface area contributed by atoms with Gasteiger partial charge in [-0.1, -0.05) is 30.3 Å². The van der Waals surface area contributed by atoms with Crippen LogP contribution in [0.3, 0.4) is 0 Å². The minimum absolute atomic E-state index is 0.318. The van der Waals surface area contributed by atoms with Crippen LogP contribution in [-0.2, 0) is 4.79 Å². The summed E-state index contributed by atoms with van der Waals surface area (Å²) in [5.41, 5.74) is 5.84. The van der Waals surface area contributed by atoms with Crippen LogP contribution in [0, 0.1) is 0 Å². The second-order valence-electron chi connectivity index (χ2n) is 4.93. The van der Waals surface area contributed by atoms with Crippen LogP contribution in [-0.4, -0.2) is 41.1 Å². The van der Waals surface area contributed by atoms with Crippen molar-refractivity contribution in [3.05, 3.63) is 35.9 Å². The number of nitrogens with two attached hydrogens (primary N) is 1. The molecule has 3 amide bonds. The smallest absolute Gasteiger partial charge is 0.318 e. The molecule has 1 fully saturated rings. The zero-order valence-corrected chi connectivity index (χ0v) is 11.2. The summed E-state index contributed by atoms with van der Waals surface area (Å²) in [5.74, 6) is -0.430. The normalized spacial score (nSPS) is 18.4. The molecule has 1 atom stereocenters. The third-order valence-electron chi connectivity index (χ3n) is 3.47. The predicted octanol–water partition coefficient (Wildman–Crippen LogP) is 0.379. The van der Waals surface area contributed by atoms with Crippen molar-refractivity contribution >= 4 is 11.9 Å². The molecule has 1 saturated heterocycles. The van der Waals surface area contributed by atoms with E-state index in [2.05, 4.69) is 5.32 Å². The number of aliphatic hydroxyl groups excluding tert-OH is 1. The molecule has 0 bridgehead atoms. The van der Waals surface area contributed by atoms with Gasteiger partial charge in [0.15, 0.2) is 0 Å². The van der Waals surface area contributed by atoms with Gasteiger partial charge in [0.05, 0.1) is 6.10 Å². The van der Waals surface area contributed by atoms with Crippen LogP contribution in [0.25, 0.3) is 0 Å². The minimum atomic E-state index is -0.854. The molecule has 4 N–H and O–H groups in total. The highest BCUT2D eigenvalue weighted by Gasteiger charge is 2.31. The van der Waals surface area contributed by atoms with Gasteiger partial charge in [0.25, 0.3) is 0 Å². The lowest BCUT2D eigenvalue weighted by Crippen LogP contribution is -2.47. The van der Waals surface area contributed by atoms with E-state index in [1.54, 1.807) is 0 Å². The predicted molar refractivity (Wildman–Crippen MR) is 73.7 cm³/mol. The summed E-state index contributed by atoms with van der Waals surface area (Å²) < 4.78 is 0. The molecular formula is C14H19N3O3. The van der Waals surface area contributed by atoms with Gasteiger partial charge in [-0.25, -0.2) is 4.79 Å². The van der Waals surface area contributed by atoms with Crippen molar-refractivity contribution in [1.29, 1.82) is 0 Å². The number of rotatable bonds is 3. The summed E-state index contributed by atoms with van der Waals surface area (Å²) in [5, 5.41) is 11.7. The van der Waals surface area contributed by atoms with Gasteiger partial charge in [0.1, 0.15) is 6.04 Å². The van der Waals surface area contributed by atoms with Crippen molar-refractivity contribution in [2.75, 3.05) is 13.1 Å². The first-order valence-corrected chi connectivity index (χ1v) is 6.65. The Hall–Kier alpha value is -1.92. The molecule has 0 saturated carbocycles. The van der Waals surface area contributed by atoms with Crippen LogP contribution < -0.4 is 11.1 Å². The SMILES string of the molecule is NC(=O)NC(=O)[C@@H](c1ccccc1)N1CCC(O)CC1. The van der Waals surface area contributed by atoms with E-state index in [1.165, 1.54) is 0 Å². The third-order valence-corrected chi connectivity index (χ3v) is 3.47. The largest absolute Gasteiger partial charge is 0.393 e. The van der Waals surface area contributed by atoms with E-state index >= 15 is 0 Å².